The molecule has 0 amide bonds. The molecule has 15 heavy (non-hydrogen) atoms. The maximum Gasteiger partial charge on any atom is 0.119 e. The fourth-order valence-electron chi connectivity index (χ4n) is 1.28. The monoisotopic (exact) mass is 209 g/mol. The van der Waals surface area contributed by atoms with E-state index in [1.807, 2.05) is 24.3 Å². The van der Waals surface area contributed by atoms with Crippen LogP contribution in [0.2, 0.25) is 0 Å². The minimum absolute atomic E-state index is 0.257. The fourth-order valence-corrected chi connectivity index (χ4v) is 1.28. The number of aliphatic hydroxyl groups is 1. The quantitative estimate of drug-likeness (QED) is 0.778. The molecule has 84 valence electrons. The summed E-state index contributed by atoms with van der Waals surface area (Å²) in [6.45, 7) is 4.57. The lowest BCUT2D eigenvalue weighted by atomic mass is 10.0. The summed E-state index contributed by atoms with van der Waals surface area (Å²) in [5.41, 5.74) is 6.43. The second kappa shape index (κ2) is 5.73. The molecule has 3 N–H and O–H groups in total. The van der Waals surface area contributed by atoms with Crippen LogP contribution in [0.1, 0.15) is 31.9 Å². The Bertz CT molecular complexity index is 282. The van der Waals surface area contributed by atoms with Gasteiger partial charge in [-0.05, 0) is 31.0 Å². The Morgan fingerprint density at radius 1 is 1.33 bits per heavy atom. The van der Waals surface area contributed by atoms with Crippen LogP contribution in [0.5, 0.6) is 5.75 Å². The highest BCUT2D eigenvalue weighted by Crippen LogP contribution is 2.19. The third kappa shape index (κ3) is 3.53. The first kappa shape index (κ1) is 12.0. The van der Waals surface area contributed by atoms with E-state index < -0.39 is 6.10 Å². The normalized spacial score (nSPS) is 14.7. The van der Waals surface area contributed by atoms with E-state index in [9.17, 15) is 5.11 Å². The molecule has 0 fully saturated rings. The first-order valence-electron chi connectivity index (χ1n) is 5.31. The predicted molar refractivity (Wildman–Crippen MR) is 60.8 cm³/mol. The molecule has 1 aromatic rings. The molecule has 3 heteroatoms. The van der Waals surface area contributed by atoms with Crippen LogP contribution in [0.3, 0.4) is 0 Å². The molecule has 1 aromatic carbocycles. The van der Waals surface area contributed by atoms with Crippen molar-refractivity contribution in [3.8, 4) is 5.75 Å². The molecule has 0 saturated carbocycles. The molecule has 3 nitrogen and oxygen atoms in total. The van der Waals surface area contributed by atoms with Crippen molar-refractivity contribution < 1.29 is 9.84 Å². The molecule has 0 aromatic heterocycles. The SMILES string of the molecule is CCCOc1ccc(C(O)C(C)N)cc1. The van der Waals surface area contributed by atoms with Gasteiger partial charge in [0.2, 0.25) is 0 Å². The van der Waals surface area contributed by atoms with Gasteiger partial charge in [0.25, 0.3) is 0 Å². The first-order chi connectivity index (χ1) is 7.15. The standard InChI is InChI=1S/C12H19NO2/c1-3-8-15-11-6-4-10(5-7-11)12(14)9(2)13/h4-7,9,12,14H,3,8,13H2,1-2H3. The van der Waals surface area contributed by atoms with E-state index in [0.717, 1.165) is 24.3 Å². The lowest BCUT2D eigenvalue weighted by Gasteiger charge is -2.15. The number of nitrogens with two attached hydrogens (primary N) is 1. The Labute approximate surface area is 90.9 Å². The van der Waals surface area contributed by atoms with Crippen molar-refractivity contribution in [2.45, 2.75) is 32.4 Å². The highest BCUT2D eigenvalue weighted by Gasteiger charge is 2.11. The van der Waals surface area contributed by atoms with Crippen molar-refractivity contribution in [2.75, 3.05) is 6.61 Å². The van der Waals surface area contributed by atoms with Crippen molar-refractivity contribution in [3.63, 3.8) is 0 Å². The molecule has 0 heterocycles. The van der Waals surface area contributed by atoms with Crippen LogP contribution in [-0.2, 0) is 0 Å². The Morgan fingerprint density at radius 2 is 1.93 bits per heavy atom. The van der Waals surface area contributed by atoms with Gasteiger partial charge in [-0.1, -0.05) is 19.1 Å². The summed E-state index contributed by atoms with van der Waals surface area (Å²) in [6, 6.07) is 7.15. The van der Waals surface area contributed by atoms with Gasteiger partial charge in [0.1, 0.15) is 5.75 Å². The third-order valence-electron chi connectivity index (χ3n) is 2.19. The molecule has 2 unspecified atom stereocenters. The zero-order valence-electron chi connectivity index (χ0n) is 9.31. The van der Waals surface area contributed by atoms with Crippen LogP contribution >= 0.6 is 0 Å². The zero-order valence-corrected chi connectivity index (χ0v) is 9.31. The Hall–Kier alpha value is -1.06. The van der Waals surface area contributed by atoms with Gasteiger partial charge in [0, 0.05) is 6.04 Å². The van der Waals surface area contributed by atoms with Crippen molar-refractivity contribution >= 4 is 0 Å². The maximum absolute atomic E-state index is 9.70. The highest BCUT2D eigenvalue weighted by molar-refractivity contribution is 5.29. The summed E-state index contributed by atoms with van der Waals surface area (Å²) in [7, 11) is 0. The topological polar surface area (TPSA) is 55.5 Å². The lowest BCUT2D eigenvalue weighted by molar-refractivity contribution is 0.153. The van der Waals surface area contributed by atoms with Crippen LogP contribution in [0, 0.1) is 0 Å². The summed E-state index contributed by atoms with van der Waals surface area (Å²) < 4.78 is 5.44. The van der Waals surface area contributed by atoms with Crippen molar-refractivity contribution in [3.05, 3.63) is 29.8 Å². The van der Waals surface area contributed by atoms with Gasteiger partial charge in [-0.15, -0.1) is 0 Å². The molecule has 0 radical (unpaired) electrons. The lowest BCUT2D eigenvalue weighted by Crippen LogP contribution is -2.24. The van der Waals surface area contributed by atoms with Crippen LogP contribution in [0.15, 0.2) is 24.3 Å². The minimum atomic E-state index is -0.606. The molecule has 0 aliphatic heterocycles. The minimum Gasteiger partial charge on any atom is -0.494 e. The van der Waals surface area contributed by atoms with E-state index >= 15 is 0 Å². The van der Waals surface area contributed by atoms with Gasteiger partial charge in [-0.2, -0.15) is 0 Å². The predicted octanol–water partition coefficient (Wildman–Crippen LogP) is 1.86. The number of ether oxygens (including phenoxy) is 1. The van der Waals surface area contributed by atoms with Crippen molar-refractivity contribution in [1.29, 1.82) is 0 Å². The molecule has 1 rings (SSSR count). The van der Waals surface area contributed by atoms with Gasteiger partial charge >= 0.3 is 0 Å². The Morgan fingerprint density at radius 3 is 2.40 bits per heavy atom. The van der Waals surface area contributed by atoms with E-state index in [-0.39, 0.29) is 6.04 Å². The van der Waals surface area contributed by atoms with Crippen LogP contribution in [-0.4, -0.2) is 17.8 Å². The van der Waals surface area contributed by atoms with Gasteiger partial charge in [-0.25, -0.2) is 0 Å². The van der Waals surface area contributed by atoms with E-state index in [4.69, 9.17) is 10.5 Å². The Kier molecular flexibility index (Phi) is 4.59. The molecule has 0 spiro atoms. The van der Waals surface area contributed by atoms with Gasteiger partial charge < -0.3 is 15.6 Å². The van der Waals surface area contributed by atoms with Gasteiger partial charge in [0.05, 0.1) is 12.7 Å². The molecular formula is C12H19NO2. The van der Waals surface area contributed by atoms with Crippen molar-refractivity contribution in [1.82, 2.24) is 0 Å². The van der Waals surface area contributed by atoms with Crippen LogP contribution < -0.4 is 10.5 Å². The smallest absolute Gasteiger partial charge is 0.119 e. The average molecular weight is 209 g/mol. The van der Waals surface area contributed by atoms with Crippen LogP contribution in [0.25, 0.3) is 0 Å². The second-order valence-electron chi connectivity index (χ2n) is 3.72. The second-order valence-corrected chi connectivity index (χ2v) is 3.72. The summed E-state index contributed by atoms with van der Waals surface area (Å²) in [4.78, 5) is 0. The fraction of sp³-hybridized carbons (Fsp3) is 0.500. The summed E-state index contributed by atoms with van der Waals surface area (Å²) in [5.74, 6) is 0.831. The molecule has 0 aliphatic rings. The molecule has 2 atom stereocenters. The van der Waals surface area contributed by atoms with E-state index in [0.29, 0.717) is 0 Å². The molecule has 0 bridgehead atoms. The van der Waals surface area contributed by atoms with Gasteiger partial charge in [0.15, 0.2) is 0 Å². The van der Waals surface area contributed by atoms with Crippen LogP contribution in [0.4, 0.5) is 0 Å². The number of hydrogen-bond donors (Lipinski definition) is 2. The summed E-state index contributed by atoms with van der Waals surface area (Å²) in [5, 5.41) is 9.70. The third-order valence-corrected chi connectivity index (χ3v) is 2.19. The number of hydrogen-bond acceptors (Lipinski definition) is 3. The maximum atomic E-state index is 9.70. The first-order valence-corrected chi connectivity index (χ1v) is 5.31. The summed E-state index contributed by atoms with van der Waals surface area (Å²) in [6.07, 6.45) is 0.384. The largest absolute Gasteiger partial charge is 0.494 e. The van der Waals surface area contributed by atoms with Crippen molar-refractivity contribution in [2.24, 2.45) is 5.73 Å². The average Bonchev–Trinajstić information content (AvgIpc) is 2.26. The van der Waals surface area contributed by atoms with Gasteiger partial charge in [-0.3, -0.25) is 0 Å². The molecular weight excluding hydrogens is 190 g/mol. The van der Waals surface area contributed by atoms with E-state index in [1.165, 1.54) is 0 Å². The van der Waals surface area contributed by atoms with E-state index in [1.54, 1.807) is 6.92 Å². The molecule has 0 saturated heterocycles. The molecule has 0 aliphatic carbocycles. The number of aliphatic hydroxyl groups excluding tert-OH is 1. The number of rotatable bonds is 5. The van der Waals surface area contributed by atoms with E-state index in [2.05, 4.69) is 6.92 Å². The Balaban J connectivity index is 2.63. The summed E-state index contributed by atoms with van der Waals surface area (Å²) >= 11 is 0. The highest BCUT2D eigenvalue weighted by atomic mass is 16.5. The number of benzene rings is 1. The zero-order chi connectivity index (χ0) is 11.3.